The molecule has 0 amide bonds. The third-order valence-corrected chi connectivity index (χ3v) is 5.54. The number of aryl methyl sites for hydroxylation is 1. The summed E-state index contributed by atoms with van der Waals surface area (Å²) in [5.41, 5.74) is 2.25. The molecule has 0 heterocycles. The van der Waals surface area contributed by atoms with Crippen molar-refractivity contribution in [2.45, 2.75) is 18.7 Å². The van der Waals surface area contributed by atoms with Crippen molar-refractivity contribution in [3.05, 3.63) is 102 Å². The van der Waals surface area contributed by atoms with Crippen LogP contribution >= 0.6 is 0 Å². The Bertz CT molecular complexity index is 1120. The van der Waals surface area contributed by atoms with Crippen molar-refractivity contribution in [3.8, 4) is 5.75 Å². The average molecular weight is 407 g/mol. The molecule has 29 heavy (non-hydrogen) atoms. The Morgan fingerprint density at radius 1 is 0.862 bits per heavy atom. The van der Waals surface area contributed by atoms with Crippen molar-refractivity contribution in [1.82, 2.24) is 4.72 Å². The Morgan fingerprint density at radius 3 is 2.07 bits per heavy atom. The highest BCUT2D eigenvalue weighted by Crippen LogP contribution is 2.22. The van der Waals surface area contributed by atoms with Gasteiger partial charge in [-0.3, -0.25) is 9.52 Å². The molecule has 0 bridgehead atoms. The minimum Gasteiger partial charge on any atom is -0.455 e. The summed E-state index contributed by atoms with van der Waals surface area (Å²) in [6.07, 6.45) is 1.32. The summed E-state index contributed by atoms with van der Waals surface area (Å²) < 4.78 is 33.6. The lowest BCUT2D eigenvalue weighted by Crippen LogP contribution is -2.19. The van der Waals surface area contributed by atoms with Gasteiger partial charge in [0.2, 0.25) is 0 Å². The van der Waals surface area contributed by atoms with E-state index in [9.17, 15) is 13.2 Å². The number of sulfonamides is 1. The van der Waals surface area contributed by atoms with Crippen LogP contribution in [0.1, 0.15) is 28.4 Å². The van der Waals surface area contributed by atoms with Crippen molar-refractivity contribution in [2.75, 3.05) is 0 Å². The molecule has 0 fully saturated rings. The molecule has 0 aliphatic heterocycles. The third kappa shape index (κ3) is 5.33. The second kappa shape index (κ2) is 8.75. The Balaban J connectivity index is 1.89. The molecule has 0 radical (unpaired) electrons. The van der Waals surface area contributed by atoms with Gasteiger partial charge < -0.3 is 4.74 Å². The maximum Gasteiger partial charge on any atom is 0.261 e. The molecule has 3 rings (SSSR count). The number of ether oxygens (including phenoxy) is 1. The van der Waals surface area contributed by atoms with Crippen molar-refractivity contribution in [1.29, 1.82) is 0 Å². The number of ketones is 1. The van der Waals surface area contributed by atoms with E-state index in [1.807, 2.05) is 37.3 Å². The van der Waals surface area contributed by atoms with E-state index in [1.165, 1.54) is 13.1 Å². The minimum atomic E-state index is -3.74. The monoisotopic (exact) mass is 407 g/mol. The average Bonchev–Trinajstić information content (AvgIpc) is 2.72. The molecule has 0 saturated heterocycles. The summed E-state index contributed by atoms with van der Waals surface area (Å²) in [6.45, 7) is 3.38. The summed E-state index contributed by atoms with van der Waals surface area (Å²) in [5.74, 6) is 0.776. The standard InChI is InChI=1S/C23H21NO4S/c1-17-8-14-22(15-9-17)29(26,27)24-16-23(20-6-4-3-5-7-20)28-21-12-10-19(11-13-21)18(2)25/h3-16,24H,1-2H3/b23-16-. The van der Waals surface area contributed by atoms with Crippen LogP contribution in [0, 0.1) is 6.92 Å². The first kappa shape index (κ1) is 20.4. The number of Topliss-reactive ketones (excluding diaryl/α,β-unsaturated/α-hetero) is 1. The molecule has 3 aromatic rings. The van der Waals surface area contributed by atoms with E-state index < -0.39 is 10.0 Å². The van der Waals surface area contributed by atoms with Crippen LogP contribution in [-0.2, 0) is 10.0 Å². The van der Waals surface area contributed by atoms with Gasteiger partial charge in [-0.05, 0) is 50.2 Å². The van der Waals surface area contributed by atoms with Gasteiger partial charge in [0.05, 0.1) is 11.1 Å². The van der Waals surface area contributed by atoms with Crippen molar-refractivity contribution < 1.29 is 17.9 Å². The zero-order valence-electron chi connectivity index (χ0n) is 16.1. The molecule has 0 saturated carbocycles. The summed E-state index contributed by atoms with van der Waals surface area (Å²) in [7, 11) is -3.74. The number of carbonyl (C=O) groups excluding carboxylic acids is 1. The Kier molecular flexibility index (Phi) is 6.14. The predicted molar refractivity (Wildman–Crippen MR) is 113 cm³/mol. The lowest BCUT2D eigenvalue weighted by molar-refractivity contribution is 0.101. The van der Waals surface area contributed by atoms with E-state index in [-0.39, 0.29) is 10.7 Å². The van der Waals surface area contributed by atoms with E-state index in [4.69, 9.17) is 4.74 Å². The van der Waals surface area contributed by atoms with Crippen LogP contribution in [0.5, 0.6) is 5.75 Å². The van der Waals surface area contributed by atoms with Crippen molar-refractivity contribution in [3.63, 3.8) is 0 Å². The van der Waals surface area contributed by atoms with E-state index in [1.54, 1.807) is 48.5 Å². The molecule has 0 unspecified atom stereocenters. The summed E-state index contributed by atoms with van der Waals surface area (Å²) in [4.78, 5) is 11.6. The maximum atomic E-state index is 12.6. The third-order valence-electron chi connectivity index (χ3n) is 4.22. The van der Waals surface area contributed by atoms with E-state index in [2.05, 4.69) is 4.72 Å². The first-order valence-electron chi connectivity index (χ1n) is 8.98. The molecule has 3 aromatic carbocycles. The number of carbonyl (C=O) groups is 1. The molecular weight excluding hydrogens is 386 g/mol. The second-order valence-corrected chi connectivity index (χ2v) is 8.21. The highest BCUT2D eigenvalue weighted by atomic mass is 32.2. The molecule has 0 aliphatic rings. The zero-order chi connectivity index (χ0) is 20.9. The van der Waals surface area contributed by atoms with E-state index in [0.717, 1.165) is 5.56 Å². The molecule has 6 heteroatoms. The van der Waals surface area contributed by atoms with Gasteiger partial charge in [0, 0.05) is 11.1 Å². The van der Waals surface area contributed by atoms with Gasteiger partial charge in [0.15, 0.2) is 11.5 Å². The number of benzene rings is 3. The Hall–Kier alpha value is -3.38. The number of rotatable bonds is 7. The van der Waals surface area contributed by atoms with Gasteiger partial charge in [-0.15, -0.1) is 0 Å². The molecule has 0 atom stereocenters. The highest BCUT2D eigenvalue weighted by molar-refractivity contribution is 7.89. The quantitative estimate of drug-likeness (QED) is 0.461. The normalized spacial score (nSPS) is 11.7. The van der Waals surface area contributed by atoms with Gasteiger partial charge in [0.1, 0.15) is 5.75 Å². The first-order chi connectivity index (χ1) is 13.8. The molecule has 148 valence electrons. The SMILES string of the molecule is CC(=O)c1ccc(O/C(=C\NS(=O)(=O)c2ccc(C)cc2)c2ccccc2)cc1. The number of hydrogen-bond acceptors (Lipinski definition) is 4. The van der Waals surface area contributed by atoms with Gasteiger partial charge >= 0.3 is 0 Å². The first-order valence-corrected chi connectivity index (χ1v) is 10.5. The van der Waals surface area contributed by atoms with Crippen LogP contribution in [-0.4, -0.2) is 14.2 Å². The Morgan fingerprint density at radius 2 is 1.48 bits per heavy atom. The smallest absolute Gasteiger partial charge is 0.261 e. The summed E-state index contributed by atoms with van der Waals surface area (Å²) in [5, 5.41) is 0. The fraction of sp³-hybridized carbons (Fsp3) is 0.0870. The van der Waals surface area contributed by atoms with Gasteiger partial charge in [-0.2, -0.15) is 0 Å². The number of nitrogens with one attached hydrogen (secondary N) is 1. The predicted octanol–water partition coefficient (Wildman–Crippen LogP) is 4.55. The fourth-order valence-electron chi connectivity index (χ4n) is 2.58. The fourth-order valence-corrected chi connectivity index (χ4v) is 3.47. The summed E-state index contributed by atoms with van der Waals surface area (Å²) in [6, 6.07) is 22.4. The largest absolute Gasteiger partial charge is 0.455 e. The molecular formula is C23H21NO4S. The topological polar surface area (TPSA) is 72.5 Å². The molecule has 0 aromatic heterocycles. The number of hydrogen-bond donors (Lipinski definition) is 1. The van der Waals surface area contributed by atoms with Crippen LogP contribution in [0.15, 0.2) is 90.0 Å². The molecule has 0 spiro atoms. The van der Waals surface area contributed by atoms with Crippen LogP contribution < -0.4 is 9.46 Å². The maximum absolute atomic E-state index is 12.6. The van der Waals surface area contributed by atoms with Crippen LogP contribution in [0.25, 0.3) is 5.76 Å². The molecule has 0 aliphatic carbocycles. The van der Waals surface area contributed by atoms with Crippen LogP contribution in [0.4, 0.5) is 0 Å². The zero-order valence-corrected chi connectivity index (χ0v) is 16.9. The summed E-state index contributed by atoms with van der Waals surface area (Å²) >= 11 is 0. The second-order valence-electron chi connectivity index (χ2n) is 6.49. The van der Waals surface area contributed by atoms with Crippen LogP contribution in [0.3, 0.4) is 0 Å². The van der Waals surface area contributed by atoms with Crippen molar-refractivity contribution in [2.24, 2.45) is 0 Å². The van der Waals surface area contributed by atoms with E-state index >= 15 is 0 Å². The minimum absolute atomic E-state index is 0.0405. The van der Waals surface area contributed by atoms with E-state index in [0.29, 0.717) is 22.6 Å². The van der Waals surface area contributed by atoms with Crippen LogP contribution in [0.2, 0.25) is 0 Å². The van der Waals surface area contributed by atoms with Gasteiger partial charge in [-0.1, -0.05) is 48.0 Å². The highest BCUT2D eigenvalue weighted by Gasteiger charge is 2.13. The molecule has 1 N–H and O–H groups in total. The van der Waals surface area contributed by atoms with Gasteiger partial charge in [0.25, 0.3) is 10.0 Å². The lowest BCUT2D eigenvalue weighted by atomic mass is 10.1. The lowest BCUT2D eigenvalue weighted by Gasteiger charge is -2.12. The van der Waals surface area contributed by atoms with Crippen molar-refractivity contribution >= 4 is 21.6 Å². The molecule has 5 nitrogen and oxygen atoms in total. The Labute approximate surface area is 170 Å². The van der Waals surface area contributed by atoms with Gasteiger partial charge in [-0.25, -0.2) is 8.42 Å².